The van der Waals surface area contributed by atoms with Crippen molar-refractivity contribution in [3.63, 3.8) is 0 Å². The minimum absolute atomic E-state index is 0.0539. The molecule has 3 nitrogen and oxygen atoms in total. The maximum atomic E-state index is 12.0. The second kappa shape index (κ2) is 6.72. The van der Waals surface area contributed by atoms with Crippen molar-refractivity contribution in [2.75, 3.05) is 13.6 Å². The molecule has 0 spiro atoms. The van der Waals surface area contributed by atoms with Gasteiger partial charge in [0.25, 0.3) is 0 Å². The number of halogens is 3. The van der Waals surface area contributed by atoms with E-state index in [1.165, 1.54) is 17.4 Å². The Labute approximate surface area is 113 Å². The summed E-state index contributed by atoms with van der Waals surface area (Å²) in [6, 6.07) is 3.54. The maximum Gasteiger partial charge on any atom is 0.390 e. The molecular weight excluding hydrogens is 279 g/mol. The van der Waals surface area contributed by atoms with Crippen LogP contribution in [-0.4, -0.2) is 35.7 Å². The van der Waals surface area contributed by atoms with Gasteiger partial charge in [-0.3, -0.25) is 0 Å². The summed E-state index contributed by atoms with van der Waals surface area (Å²) in [7, 11) is 1.62. The zero-order chi connectivity index (χ0) is 14.5. The van der Waals surface area contributed by atoms with Gasteiger partial charge < -0.3 is 10.0 Å². The topological polar surface area (TPSA) is 40.5 Å². The fourth-order valence-corrected chi connectivity index (χ4v) is 2.38. The van der Waals surface area contributed by atoms with Gasteiger partial charge >= 0.3 is 12.1 Å². The molecule has 0 amide bonds. The highest BCUT2D eigenvalue weighted by Crippen LogP contribution is 2.22. The van der Waals surface area contributed by atoms with Crippen LogP contribution in [-0.2, 0) is 11.3 Å². The van der Waals surface area contributed by atoms with Crippen LogP contribution in [0.15, 0.2) is 18.2 Å². The first-order chi connectivity index (χ1) is 8.76. The fraction of sp³-hybridized carbons (Fsp3) is 0.417. The van der Waals surface area contributed by atoms with E-state index in [0.29, 0.717) is 6.54 Å². The second-order valence-corrected chi connectivity index (χ2v) is 5.28. The van der Waals surface area contributed by atoms with Crippen molar-refractivity contribution in [2.24, 2.45) is 0 Å². The molecule has 0 bridgehead atoms. The first-order valence-electron chi connectivity index (χ1n) is 5.51. The third kappa shape index (κ3) is 6.97. The van der Waals surface area contributed by atoms with Gasteiger partial charge in [-0.25, -0.2) is 4.79 Å². The predicted octanol–water partition coefficient (Wildman–Crippen LogP) is 3.23. The number of alkyl halides is 3. The van der Waals surface area contributed by atoms with Gasteiger partial charge in [-0.2, -0.15) is 13.2 Å². The Hall–Kier alpha value is -1.34. The number of aliphatic carboxylic acids is 1. The van der Waals surface area contributed by atoms with E-state index >= 15 is 0 Å². The van der Waals surface area contributed by atoms with Crippen LogP contribution in [0.4, 0.5) is 13.2 Å². The van der Waals surface area contributed by atoms with Crippen molar-refractivity contribution < 1.29 is 23.1 Å². The number of carbonyl (C=O) groups is 1. The minimum Gasteiger partial charge on any atom is -0.478 e. The lowest BCUT2D eigenvalue weighted by atomic mass is 10.3. The summed E-state index contributed by atoms with van der Waals surface area (Å²) >= 11 is 1.36. The SMILES string of the molecule is CN(CCC(F)(F)F)Cc1ccc(/C=C/C(=O)O)s1. The highest BCUT2D eigenvalue weighted by molar-refractivity contribution is 7.12. The highest BCUT2D eigenvalue weighted by atomic mass is 32.1. The molecule has 0 fully saturated rings. The third-order valence-electron chi connectivity index (χ3n) is 2.28. The molecule has 0 aliphatic carbocycles. The van der Waals surface area contributed by atoms with Crippen LogP contribution in [0.1, 0.15) is 16.2 Å². The summed E-state index contributed by atoms with van der Waals surface area (Å²) in [5, 5.41) is 8.48. The molecule has 1 heterocycles. The van der Waals surface area contributed by atoms with Gasteiger partial charge in [-0.05, 0) is 25.3 Å². The van der Waals surface area contributed by atoms with E-state index in [2.05, 4.69) is 0 Å². The quantitative estimate of drug-likeness (QED) is 0.819. The van der Waals surface area contributed by atoms with Gasteiger partial charge in [0, 0.05) is 28.9 Å². The number of nitrogens with zero attached hydrogens (tertiary/aromatic N) is 1. The zero-order valence-corrected chi connectivity index (χ0v) is 11.1. The number of carboxylic acids is 1. The number of rotatable bonds is 6. The standard InChI is InChI=1S/C12H14F3NO2S/c1-16(7-6-12(13,14)15)8-10-3-2-9(19-10)4-5-11(17)18/h2-5H,6-8H2,1H3,(H,17,18)/b5-4+. The Kier molecular flexibility index (Phi) is 5.56. The van der Waals surface area contributed by atoms with Crippen LogP contribution in [0.2, 0.25) is 0 Å². The van der Waals surface area contributed by atoms with E-state index in [9.17, 15) is 18.0 Å². The fourth-order valence-electron chi connectivity index (χ4n) is 1.39. The first kappa shape index (κ1) is 15.7. The van der Waals surface area contributed by atoms with Crippen LogP contribution in [0.5, 0.6) is 0 Å². The van der Waals surface area contributed by atoms with Gasteiger partial charge in [0.2, 0.25) is 0 Å². The molecule has 0 unspecified atom stereocenters. The molecule has 1 N–H and O–H groups in total. The molecule has 0 aliphatic rings. The lowest BCUT2D eigenvalue weighted by Crippen LogP contribution is -2.23. The monoisotopic (exact) mass is 293 g/mol. The highest BCUT2D eigenvalue weighted by Gasteiger charge is 2.27. The second-order valence-electron chi connectivity index (χ2n) is 4.08. The van der Waals surface area contributed by atoms with Gasteiger partial charge in [0.1, 0.15) is 0 Å². The van der Waals surface area contributed by atoms with Gasteiger partial charge in [-0.15, -0.1) is 11.3 Å². The molecule has 0 saturated carbocycles. The Morgan fingerprint density at radius 1 is 1.47 bits per heavy atom. The lowest BCUT2D eigenvalue weighted by molar-refractivity contribution is -0.137. The van der Waals surface area contributed by atoms with Crippen molar-refractivity contribution in [3.8, 4) is 0 Å². The first-order valence-corrected chi connectivity index (χ1v) is 6.33. The van der Waals surface area contributed by atoms with Crippen molar-refractivity contribution in [2.45, 2.75) is 19.1 Å². The molecule has 7 heteroatoms. The van der Waals surface area contributed by atoms with Crippen LogP contribution in [0, 0.1) is 0 Å². The Morgan fingerprint density at radius 2 is 2.16 bits per heavy atom. The van der Waals surface area contributed by atoms with Gasteiger partial charge in [0.15, 0.2) is 0 Å². The average Bonchev–Trinajstić information content (AvgIpc) is 2.70. The summed E-state index contributed by atoms with van der Waals surface area (Å²) in [5.41, 5.74) is 0. The van der Waals surface area contributed by atoms with E-state index in [4.69, 9.17) is 5.11 Å². The maximum absolute atomic E-state index is 12.0. The Bertz CT molecular complexity index is 454. The van der Waals surface area contributed by atoms with E-state index in [-0.39, 0.29) is 6.54 Å². The van der Waals surface area contributed by atoms with Crippen molar-refractivity contribution in [3.05, 3.63) is 28.0 Å². The van der Waals surface area contributed by atoms with E-state index in [1.54, 1.807) is 24.1 Å². The molecule has 1 rings (SSSR count). The van der Waals surface area contributed by atoms with Gasteiger partial charge in [0.05, 0.1) is 6.42 Å². The molecule has 0 atom stereocenters. The molecule has 1 aromatic rings. The van der Waals surface area contributed by atoms with Crippen molar-refractivity contribution >= 4 is 23.4 Å². The van der Waals surface area contributed by atoms with E-state index in [1.807, 2.05) is 0 Å². The smallest absolute Gasteiger partial charge is 0.390 e. The summed E-state index contributed by atoms with van der Waals surface area (Å²) in [4.78, 5) is 13.6. The largest absolute Gasteiger partial charge is 0.478 e. The number of hydrogen-bond acceptors (Lipinski definition) is 3. The van der Waals surface area contributed by atoms with Crippen LogP contribution < -0.4 is 0 Å². The van der Waals surface area contributed by atoms with E-state index in [0.717, 1.165) is 15.8 Å². The van der Waals surface area contributed by atoms with Crippen LogP contribution in [0.25, 0.3) is 6.08 Å². The molecule has 0 aromatic carbocycles. The number of hydrogen-bond donors (Lipinski definition) is 1. The van der Waals surface area contributed by atoms with E-state index < -0.39 is 18.6 Å². The normalized spacial score (nSPS) is 12.5. The number of thiophene rings is 1. The Morgan fingerprint density at radius 3 is 2.74 bits per heavy atom. The summed E-state index contributed by atoms with van der Waals surface area (Å²) in [6.45, 7) is 0.364. The molecule has 1 aromatic heterocycles. The summed E-state index contributed by atoms with van der Waals surface area (Å²) in [5.74, 6) is -1.03. The third-order valence-corrected chi connectivity index (χ3v) is 3.31. The average molecular weight is 293 g/mol. The molecule has 0 saturated heterocycles. The molecule has 0 radical (unpaired) electrons. The predicted molar refractivity (Wildman–Crippen MR) is 68.0 cm³/mol. The minimum atomic E-state index is -4.14. The lowest BCUT2D eigenvalue weighted by Gasteiger charge is -2.16. The molecule has 0 aliphatic heterocycles. The molecular formula is C12H14F3NO2S. The van der Waals surface area contributed by atoms with Gasteiger partial charge in [-0.1, -0.05) is 0 Å². The summed E-state index contributed by atoms with van der Waals surface area (Å²) in [6.07, 6.45) is -2.48. The number of carboxylic acid groups (broad SMARTS) is 1. The summed E-state index contributed by atoms with van der Waals surface area (Å²) < 4.78 is 36.1. The Balaban J connectivity index is 2.47. The zero-order valence-electron chi connectivity index (χ0n) is 10.3. The van der Waals surface area contributed by atoms with Crippen molar-refractivity contribution in [1.82, 2.24) is 4.90 Å². The molecule has 106 valence electrons. The van der Waals surface area contributed by atoms with Crippen LogP contribution in [0.3, 0.4) is 0 Å². The van der Waals surface area contributed by atoms with Crippen molar-refractivity contribution in [1.29, 1.82) is 0 Å². The molecule has 19 heavy (non-hydrogen) atoms. The van der Waals surface area contributed by atoms with Crippen LogP contribution >= 0.6 is 11.3 Å².